The van der Waals surface area contributed by atoms with Crippen molar-refractivity contribution in [2.24, 2.45) is 0 Å². The van der Waals surface area contributed by atoms with Crippen molar-refractivity contribution >= 4 is 12.8 Å². The van der Waals surface area contributed by atoms with Gasteiger partial charge in [-0.1, -0.05) is 0 Å². The zero-order valence-corrected chi connectivity index (χ0v) is 15.7. The molecule has 0 aliphatic heterocycles. The van der Waals surface area contributed by atoms with Crippen LogP contribution in [-0.2, 0) is 28.3 Å². The third-order valence-corrected chi connectivity index (χ3v) is 7.40. The van der Waals surface area contributed by atoms with E-state index in [0.29, 0.717) is 39.6 Å². The van der Waals surface area contributed by atoms with Crippen LogP contribution >= 0.6 is 6.83 Å². The first-order valence-electron chi connectivity index (χ1n) is 7.73. The predicted molar refractivity (Wildman–Crippen MR) is 90.3 cm³/mol. The van der Waals surface area contributed by atoms with Crippen LogP contribution in [0.4, 0.5) is 0 Å². The Morgan fingerprint density at radius 2 is 1.41 bits per heavy atom. The Morgan fingerprint density at radius 3 is 1.91 bits per heavy atom. The van der Waals surface area contributed by atoms with Gasteiger partial charge in [-0.2, -0.15) is 0 Å². The second-order valence-electron chi connectivity index (χ2n) is 6.01. The van der Waals surface area contributed by atoms with Gasteiger partial charge in [0.1, 0.15) is 0 Å². The van der Waals surface area contributed by atoms with Crippen LogP contribution in [0.5, 0.6) is 0 Å². The second-order valence-corrected chi connectivity index (χ2v) is 12.2. The van der Waals surface area contributed by atoms with Gasteiger partial charge < -0.3 is 0 Å². The fourth-order valence-electron chi connectivity index (χ4n) is 1.87. The van der Waals surface area contributed by atoms with E-state index in [4.69, 9.17) is 23.5 Å². The molecule has 0 aliphatic carbocycles. The fourth-order valence-corrected chi connectivity index (χ4v) is 4.56. The van der Waals surface area contributed by atoms with Gasteiger partial charge in [0.05, 0.1) is 0 Å². The SMILES string of the molecule is CCOCCOCCC(=O)OP(C)(C)(CCOC)CCOC. The number of methoxy groups -OCH3 is 2. The maximum absolute atomic E-state index is 12.1. The molecule has 7 heteroatoms. The van der Waals surface area contributed by atoms with Gasteiger partial charge in [0.2, 0.25) is 0 Å². The van der Waals surface area contributed by atoms with Gasteiger partial charge in [0.25, 0.3) is 0 Å². The molecule has 0 N–H and O–H groups in total. The van der Waals surface area contributed by atoms with Gasteiger partial charge in [-0.25, -0.2) is 0 Å². The summed E-state index contributed by atoms with van der Waals surface area (Å²) in [6.45, 7) is 6.67. The van der Waals surface area contributed by atoms with Crippen LogP contribution in [0.3, 0.4) is 0 Å². The van der Waals surface area contributed by atoms with Crippen LogP contribution in [0.15, 0.2) is 0 Å². The van der Waals surface area contributed by atoms with Crippen LogP contribution in [0.25, 0.3) is 0 Å². The van der Waals surface area contributed by atoms with Crippen molar-refractivity contribution in [3.05, 3.63) is 0 Å². The number of hydrogen-bond acceptors (Lipinski definition) is 6. The zero-order chi connectivity index (χ0) is 16.9. The Hall–Kier alpha value is -0.260. The molecule has 6 nitrogen and oxygen atoms in total. The average molecular weight is 340 g/mol. The van der Waals surface area contributed by atoms with Crippen molar-refractivity contribution in [1.29, 1.82) is 0 Å². The first-order chi connectivity index (χ1) is 10.4. The number of carbonyl (C=O) groups excluding carboxylic acids is 1. The molecule has 0 aromatic carbocycles. The van der Waals surface area contributed by atoms with Crippen molar-refractivity contribution in [2.45, 2.75) is 13.3 Å². The molecule has 0 aromatic heterocycles. The minimum absolute atomic E-state index is 0.216. The summed E-state index contributed by atoms with van der Waals surface area (Å²) >= 11 is 0. The van der Waals surface area contributed by atoms with Crippen LogP contribution in [0.2, 0.25) is 0 Å². The molecule has 0 spiro atoms. The predicted octanol–water partition coefficient (Wildman–Crippen LogP) is 1.99. The Kier molecular flexibility index (Phi) is 11.2. The van der Waals surface area contributed by atoms with Gasteiger partial charge in [-0.3, -0.25) is 0 Å². The van der Waals surface area contributed by atoms with Crippen LogP contribution in [-0.4, -0.2) is 85.5 Å². The number of rotatable bonds is 14. The Balaban J connectivity index is 4.25. The fraction of sp³-hybridized carbons (Fsp3) is 0.933. The molecule has 0 saturated heterocycles. The van der Waals surface area contributed by atoms with E-state index in [-0.39, 0.29) is 12.4 Å². The van der Waals surface area contributed by atoms with Gasteiger partial charge in [-0.05, 0) is 0 Å². The second kappa shape index (κ2) is 11.3. The molecule has 0 amide bonds. The van der Waals surface area contributed by atoms with Crippen molar-refractivity contribution < 1.29 is 28.3 Å². The third-order valence-electron chi connectivity index (χ3n) is 3.42. The van der Waals surface area contributed by atoms with Crippen LogP contribution < -0.4 is 0 Å². The molecular formula is C15H33O6P. The summed E-state index contributed by atoms with van der Waals surface area (Å²) in [7, 11) is 3.31. The van der Waals surface area contributed by atoms with E-state index in [2.05, 4.69) is 13.3 Å². The summed E-state index contributed by atoms with van der Waals surface area (Å²) in [6.07, 6.45) is 1.73. The van der Waals surface area contributed by atoms with E-state index in [0.717, 1.165) is 12.3 Å². The maximum atomic E-state index is 12.1. The molecule has 0 fully saturated rings. The number of hydrogen-bond donors (Lipinski definition) is 0. The van der Waals surface area contributed by atoms with E-state index in [1.54, 1.807) is 14.2 Å². The monoisotopic (exact) mass is 340 g/mol. The molecule has 0 rings (SSSR count). The van der Waals surface area contributed by atoms with Crippen LogP contribution in [0.1, 0.15) is 13.3 Å². The molecule has 22 heavy (non-hydrogen) atoms. The molecule has 0 aromatic rings. The average Bonchev–Trinajstić information content (AvgIpc) is 2.47. The zero-order valence-electron chi connectivity index (χ0n) is 14.8. The quantitative estimate of drug-likeness (QED) is 0.356. The van der Waals surface area contributed by atoms with E-state index in [9.17, 15) is 4.79 Å². The first-order valence-corrected chi connectivity index (χ1v) is 11.1. The molecule has 0 aliphatic rings. The molecule has 0 atom stereocenters. The van der Waals surface area contributed by atoms with E-state index < -0.39 is 6.83 Å². The number of ether oxygens (including phenoxy) is 4. The third kappa shape index (κ3) is 10.5. The van der Waals surface area contributed by atoms with Gasteiger partial charge in [-0.15, -0.1) is 0 Å². The summed E-state index contributed by atoms with van der Waals surface area (Å²) in [6, 6.07) is 0. The molecule has 0 bridgehead atoms. The molecule has 0 unspecified atom stereocenters. The molecular weight excluding hydrogens is 307 g/mol. The summed E-state index contributed by atoms with van der Waals surface area (Å²) in [5, 5.41) is 0. The van der Waals surface area contributed by atoms with E-state index >= 15 is 0 Å². The van der Waals surface area contributed by atoms with Gasteiger partial charge in [0, 0.05) is 0 Å². The summed E-state index contributed by atoms with van der Waals surface area (Å²) < 4.78 is 26.7. The van der Waals surface area contributed by atoms with Gasteiger partial charge >= 0.3 is 134 Å². The van der Waals surface area contributed by atoms with Crippen molar-refractivity contribution in [3.63, 3.8) is 0 Å². The van der Waals surface area contributed by atoms with Gasteiger partial charge in [0.15, 0.2) is 0 Å². The van der Waals surface area contributed by atoms with Crippen molar-refractivity contribution in [2.75, 3.05) is 79.5 Å². The Labute approximate surface area is 134 Å². The summed E-state index contributed by atoms with van der Waals surface area (Å²) in [5.41, 5.74) is 0. The Bertz CT molecular complexity index is 296. The molecule has 0 saturated carbocycles. The van der Waals surface area contributed by atoms with Crippen LogP contribution in [0, 0.1) is 0 Å². The minimum atomic E-state index is -2.59. The normalized spacial score (nSPS) is 13.6. The summed E-state index contributed by atoms with van der Waals surface area (Å²) in [5.74, 6) is -0.216. The molecule has 134 valence electrons. The first kappa shape index (κ1) is 21.7. The topological polar surface area (TPSA) is 63.2 Å². The standard InChI is InChI=1S/C15H33O6P/c1-6-19-9-10-20-8-7-15(16)21-22(4,5,13-11-17-2)14-12-18-3/h6-14H2,1-5H3. The van der Waals surface area contributed by atoms with Crippen molar-refractivity contribution in [3.8, 4) is 0 Å². The Morgan fingerprint density at radius 1 is 0.864 bits per heavy atom. The number of carbonyl (C=O) groups is 1. The van der Waals surface area contributed by atoms with Crippen molar-refractivity contribution in [1.82, 2.24) is 0 Å². The van der Waals surface area contributed by atoms with E-state index in [1.165, 1.54) is 0 Å². The molecule has 0 radical (unpaired) electrons. The molecule has 0 heterocycles. The summed E-state index contributed by atoms with van der Waals surface area (Å²) in [4.78, 5) is 12.1. The van der Waals surface area contributed by atoms with E-state index in [1.807, 2.05) is 6.92 Å².